The van der Waals surface area contributed by atoms with Crippen LogP contribution in [0.2, 0.25) is 24.7 Å². The van der Waals surface area contributed by atoms with Crippen molar-refractivity contribution < 1.29 is 14.0 Å². The lowest BCUT2D eigenvalue weighted by atomic mass is 9.91. The van der Waals surface area contributed by atoms with Crippen LogP contribution in [0.4, 0.5) is 0 Å². The Bertz CT molecular complexity index is 805. The summed E-state index contributed by atoms with van der Waals surface area (Å²) >= 11 is 7.60. The minimum Gasteiger partial charge on any atom is -0.465 e. The minimum absolute atomic E-state index is 0.299. The fourth-order valence-electron chi connectivity index (χ4n) is 3.02. The number of rotatable bonds is 10. The van der Waals surface area contributed by atoms with E-state index in [0.29, 0.717) is 18.1 Å². The van der Waals surface area contributed by atoms with Gasteiger partial charge in [0.25, 0.3) is 0 Å². The summed E-state index contributed by atoms with van der Waals surface area (Å²) < 4.78 is 11.2. The molecule has 0 radical (unpaired) electrons. The van der Waals surface area contributed by atoms with Gasteiger partial charge in [0, 0.05) is 9.92 Å². The molecule has 0 aliphatic carbocycles. The number of allylic oxidation sites excluding steroid dienone is 1. The molecule has 0 aliphatic rings. The lowest BCUT2D eigenvalue weighted by molar-refractivity contribution is -0.149. The Morgan fingerprint density at radius 1 is 1.17 bits per heavy atom. The van der Waals surface area contributed by atoms with Gasteiger partial charge in [-0.15, -0.1) is 18.3 Å². The van der Waals surface area contributed by atoms with Gasteiger partial charge in [0.05, 0.1) is 12.7 Å². The van der Waals surface area contributed by atoms with Gasteiger partial charge in [0.1, 0.15) is 0 Å². The summed E-state index contributed by atoms with van der Waals surface area (Å²) in [5, 5.41) is 0.640. The van der Waals surface area contributed by atoms with Crippen molar-refractivity contribution in [3.05, 3.63) is 77.8 Å². The van der Waals surface area contributed by atoms with E-state index in [0.717, 1.165) is 10.5 Å². The maximum Gasteiger partial charge on any atom is 0.325 e. The molecule has 3 nitrogen and oxygen atoms in total. The van der Waals surface area contributed by atoms with E-state index in [1.807, 2.05) is 61.5 Å². The van der Waals surface area contributed by atoms with Gasteiger partial charge < -0.3 is 9.16 Å². The number of hydrogen-bond acceptors (Lipinski definition) is 4. The standard InChI is InChI=1S/C23H29ClO3SSi/c1-6-17-23(22(25)26-7-2,28-20-11-9-8-10-12-20)21(27-29(3,4)5)18-13-15-19(24)16-14-18/h6,8-16,21H,1,7,17H2,2-5H3. The molecule has 0 heterocycles. The predicted molar refractivity (Wildman–Crippen MR) is 125 cm³/mol. The monoisotopic (exact) mass is 448 g/mol. The van der Waals surface area contributed by atoms with Crippen molar-refractivity contribution in [3.63, 3.8) is 0 Å². The number of ether oxygens (including phenoxy) is 1. The van der Waals surface area contributed by atoms with E-state index >= 15 is 0 Å². The Morgan fingerprint density at radius 2 is 1.79 bits per heavy atom. The first kappa shape index (κ1) is 23.7. The van der Waals surface area contributed by atoms with Crippen molar-refractivity contribution >= 4 is 37.6 Å². The lowest BCUT2D eigenvalue weighted by Gasteiger charge is -2.40. The first-order valence-corrected chi connectivity index (χ1v) is 14.3. The maximum absolute atomic E-state index is 13.4. The van der Waals surface area contributed by atoms with Gasteiger partial charge >= 0.3 is 5.97 Å². The van der Waals surface area contributed by atoms with Crippen LogP contribution in [0, 0.1) is 0 Å². The van der Waals surface area contributed by atoms with Gasteiger partial charge in [-0.2, -0.15) is 0 Å². The maximum atomic E-state index is 13.4. The molecule has 0 N–H and O–H groups in total. The molecule has 0 aromatic heterocycles. The van der Waals surface area contributed by atoms with Gasteiger partial charge in [0.2, 0.25) is 0 Å². The van der Waals surface area contributed by atoms with Crippen molar-refractivity contribution in [1.29, 1.82) is 0 Å². The van der Waals surface area contributed by atoms with E-state index < -0.39 is 19.2 Å². The molecule has 29 heavy (non-hydrogen) atoms. The normalized spacial score (nSPS) is 14.7. The van der Waals surface area contributed by atoms with E-state index in [9.17, 15) is 4.79 Å². The first-order chi connectivity index (χ1) is 13.7. The molecular weight excluding hydrogens is 420 g/mol. The van der Waals surface area contributed by atoms with Crippen LogP contribution in [0.3, 0.4) is 0 Å². The molecule has 0 saturated heterocycles. The van der Waals surface area contributed by atoms with Crippen LogP contribution in [0.25, 0.3) is 0 Å². The summed E-state index contributed by atoms with van der Waals surface area (Å²) in [7, 11) is -2.03. The zero-order valence-corrected chi connectivity index (χ0v) is 20.1. The molecule has 0 aliphatic heterocycles. The summed E-state index contributed by atoms with van der Waals surface area (Å²) in [6, 6.07) is 17.4. The molecule has 0 amide bonds. The summed E-state index contributed by atoms with van der Waals surface area (Å²) in [5.74, 6) is -0.299. The predicted octanol–water partition coefficient (Wildman–Crippen LogP) is 6.90. The molecule has 0 bridgehead atoms. The average Bonchev–Trinajstić information content (AvgIpc) is 2.67. The van der Waals surface area contributed by atoms with Gasteiger partial charge in [-0.25, -0.2) is 0 Å². The zero-order chi connectivity index (χ0) is 21.5. The zero-order valence-electron chi connectivity index (χ0n) is 17.5. The number of carbonyl (C=O) groups excluding carboxylic acids is 1. The van der Waals surface area contributed by atoms with Crippen LogP contribution in [0.1, 0.15) is 25.0 Å². The third kappa shape index (κ3) is 6.47. The van der Waals surface area contributed by atoms with Crippen molar-refractivity contribution in [3.8, 4) is 0 Å². The minimum atomic E-state index is -2.03. The number of hydrogen-bond donors (Lipinski definition) is 0. The van der Waals surface area contributed by atoms with Crippen molar-refractivity contribution in [1.82, 2.24) is 0 Å². The molecule has 0 fully saturated rings. The fourth-order valence-corrected chi connectivity index (χ4v) is 5.63. The highest BCUT2D eigenvalue weighted by atomic mass is 35.5. The van der Waals surface area contributed by atoms with E-state index in [-0.39, 0.29) is 5.97 Å². The Hall–Kier alpha value is -1.53. The van der Waals surface area contributed by atoms with Crippen LogP contribution in [-0.2, 0) is 14.0 Å². The summed E-state index contributed by atoms with van der Waals surface area (Å²) in [4.78, 5) is 14.4. The second kappa shape index (κ2) is 10.5. The molecule has 2 atom stereocenters. The molecule has 156 valence electrons. The summed E-state index contributed by atoms with van der Waals surface area (Å²) in [5.41, 5.74) is 0.898. The molecule has 2 rings (SSSR count). The number of carbonyl (C=O) groups is 1. The SMILES string of the molecule is C=CCC(Sc1ccccc1)(C(=O)OCC)C(O[Si](C)(C)C)c1ccc(Cl)cc1. The highest BCUT2D eigenvalue weighted by Gasteiger charge is 2.50. The van der Waals surface area contributed by atoms with Crippen LogP contribution < -0.4 is 0 Å². The Kier molecular flexibility index (Phi) is 8.58. The molecule has 2 aromatic rings. The van der Waals surface area contributed by atoms with Crippen molar-refractivity contribution in [2.24, 2.45) is 0 Å². The molecule has 2 aromatic carbocycles. The van der Waals surface area contributed by atoms with E-state index in [1.165, 1.54) is 11.8 Å². The van der Waals surface area contributed by atoms with E-state index in [1.54, 1.807) is 6.08 Å². The first-order valence-electron chi connectivity index (χ1n) is 9.67. The molecule has 2 unspecified atom stereocenters. The Labute approximate surface area is 184 Å². The average molecular weight is 449 g/mol. The fraction of sp³-hybridized carbons (Fsp3) is 0.348. The highest BCUT2D eigenvalue weighted by molar-refractivity contribution is 8.01. The second-order valence-corrected chi connectivity index (χ2v) is 14.0. The summed E-state index contributed by atoms with van der Waals surface area (Å²) in [6.07, 6.45) is 1.67. The Balaban J connectivity index is 2.67. The van der Waals surface area contributed by atoms with Crippen molar-refractivity contribution in [2.45, 2.75) is 48.7 Å². The van der Waals surface area contributed by atoms with Gasteiger partial charge in [-0.1, -0.05) is 48.0 Å². The number of thioether (sulfide) groups is 1. The van der Waals surface area contributed by atoms with Crippen LogP contribution in [-0.4, -0.2) is 25.6 Å². The number of benzene rings is 2. The van der Waals surface area contributed by atoms with Gasteiger partial charge in [0.15, 0.2) is 13.1 Å². The lowest BCUT2D eigenvalue weighted by Crippen LogP contribution is -2.47. The largest absolute Gasteiger partial charge is 0.465 e. The third-order valence-electron chi connectivity index (χ3n) is 4.18. The van der Waals surface area contributed by atoms with E-state index in [4.69, 9.17) is 20.8 Å². The Morgan fingerprint density at radius 3 is 2.31 bits per heavy atom. The van der Waals surface area contributed by atoms with Crippen LogP contribution in [0.15, 0.2) is 72.1 Å². The van der Waals surface area contributed by atoms with Crippen molar-refractivity contribution in [2.75, 3.05) is 6.61 Å². The number of halogens is 1. The van der Waals surface area contributed by atoms with Gasteiger partial charge in [-0.05, 0) is 62.8 Å². The molecule has 6 heteroatoms. The second-order valence-electron chi connectivity index (χ2n) is 7.68. The quantitative estimate of drug-likeness (QED) is 0.171. The van der Waals surface area contributed by atoms with Gasteiger partial charge in [-0.3, -0.25) is 4.79 Å². The molecular formula is C23H29ClO3SSi. The highest BCUT2D eigenvalue weighted by Crippen LogP contribution is 2.49. The van der Waals surface area contributed by atoms with Crippen LogP contribution >= 0.6 is 23.4 Å². The van der Waals surface area contributed by atoms with Crippen LogP contribution in [0.5, 0.6) is 0 Å². The topological polar surface area (TPSA) is 35.5 Å². The molecule has 0 spiro atoms. The smallest absolute Gasteiger partial charge is 0.325 e. The third-order valence-corrected chi connectivity index (χ3v) is 6.79. The van der Waals surface area contributed by atoms with E-state index in [2.05, 4.69) is 26.2 Å². The number of esters is 1. The summed E-state index contributed by atoms with van der Waals surface area (Å²) in [6.45, 7) is 12.4. The molecule has 0 saturated carbocycles.